The van der Waals surface area contributed by atoms with Gasteiger partial charge in [-0.25, -0.2) is 0 Å². The minimum atomic E-state index is 0.123. The van der Waals surface area contributed by atoms with Crippen LogP contribution in [-0.2, 0) is 4.79 Å². The highest BCUT2D eigenvalue weighted by atomic mass is 16.2. The van der Waals surface area contributed by atoms with Crippen molar-refractivity contribution in [2.75, 3.05) is 11.9 Å². The molecule has 1 aliphatic heterocycles. The molecule has 1 aliphatic rings. The van der Waals surface area contributed by atoms with E-state index < -0.39 is 0 Å². The van der Waals surface area contributed by atoms with Gasteiger partial charge in [-0.05, 0) is 24.0 Å². The lowest BCUT2D eigenvalue weighted by atomic mass is 9.92. The molecule has 2 unspecified atom stereocenters. The van der Waals surface area contributed by atoms with Gasteiger partial charge in [-0.15, -0.1) is 0 Å². The van der Waals surface area contributed by atoms with E-state index in [2.05, 4.69) is 13.0 Å². The molecule has 1 heterocycles. The smallest absolute Gasteiger partial charge is 0.229 e. The predicted octanol–water partition coefficient (Wildman–Crippen LogP) is 2.79. The van der Waals surface area contributed by atoms with Crippen molar-refractivity contribution < 1.29 is 4.79 Å². The van der Waals surface area contributed by atoms with Crippen LogP contribution >= 0.6 is 0 Å². The fourth-order valence-corrected chi connectivity index (χ4v) is 2.42. The van der Waals surface area contributed by atoms with Crippen LogP contribution in [0.3, 0.4) is 0 Å². The number of hydrogen-bond donors (Lipinski definition) is 0. The Morgan fingerprint density at radius 1 is 1.20 bits per heavy atom. The molecule has 0 aliphatic carbocycles. The quantitative estimate of drug-likeness (QED) is 0.635. The summed E-state index contributed by atoms with van der Waals surface area (Å²) >= 11 is 0. The second-order valence-electron chi connectivity index (χ2n) is 4.49. The Morgan fingerprint density at radius 2 is 1.87 bits per heavy atom. The number of para-hydroxylation sites is 1. The average molecular weight is 203 g/mol. The van der Waals surface area contributed by atoms with Crippen molar-refractivity contribution in [3.8, 4) is 0 Å². The van der Waals surface area contributed by atoms with E-state index in [4.69, 9.17) is 0 Å². The highest BCUT2D eigenvalue weighted by Gasteiger charge is 2.28. The van der Waals surface area contributed by atoms with Gasteiger partial charge in [0.2, 0.25) is 5.91 Å². The molecule has 0 saturated carbocycles. The zero-order valence-electron chi connectivity index (χ0n) is 9.53. The number of fused-ring (bicyclic) bond motifs is 1. The first-order valence-electron chi connectivity index (χ1n) is 5.47. The van der Waals surface area contributed by atoms with Crippen molar-refractivity contribution in [1.29, 1.82) is 0 Å². The molecule has 2 atom stereocenters. The van der Waals surface area contributed by atoms with Gasteiger partial charge in [0.25, 0.3) is 0 Å². The molecule has 2 heteroatoms. The molecule has 80 valence electrons. The lowest BCUT2D eigenvalue weighted by Crippen LogP contribution is -2.30. The number of anilines is 1. The normalized spacial score (nSPS) is 26.1. The Hall–Kier alpha value is -1.31. The van der Waals surface area contributed by atoms with Crippen LogP contribution in [0.4, 0.5) is 5.69 Å². The standard InChI is InChI=1S/C13H17NO/c1-9-8-10(2)13(15)14(3)12-7-5-4-6-11(9)12/h4-7,9-10H,8H2,1-3H3. The number of carbonyl (C=O) groups is 1. The van der Waals surface area contributed by atoms with Crippen LogP contribution < -0.4 is 4.90 Å². The van der Waals surface area contributed by atoms with Crippen molar-refractivity contribution in [3.05, 3.63) is 29.8 Å². The van der Waals surface area contributed by atoms with E-state index >= 15 is 0 Å². The van der Waals surface area contributed by atoms with E-state index in [1.165, 1.54) is 5.56 Å². The fourth-order valence-electron chi connectivity index (χ4n) is 2.42. The van der Waals surface area contributed by atoms with Gasteiger partial charge in [0.15, 0.2) is 0 Å². The summed E-state index contributed by atoms with van der Waals surface area (Å²) in [4.78, 5) is 13.8. The maximum Gasteiger partial charge on any atom is 0.229 e. The highest BCUT2D eigenvalue weighted by molar-refractivity contribution is 5.96. The van der Waals surface area contributed by atoms with Crippen molar-refractivity contribution in [2.24, 2.45) is 5.92 Å². The zero-order chi connectivity index (χ0) is 11.0. The molecule has 1 aromatic carbocycles. The van der Waals surface area contributed by atoms with E-state index in [1.54, 1.807) is 4.90 Å². The second kappa shape index (κ2) is 3.69. The molecule has 1 aromatic rings. The minimum Gasteiger partial charge on any atom is -0.315 e. The van der Waals surface area contributed by atoms with E-state index in [-0.39, 0.29) is 11.8 Å². The fraction of sp³-hybridized carbons (Fsp3) is 0.462. The zero-order valence-corrected chi connectivity index (χ0v) is 9.53. The first kappa shape index (κ1) is 10.2. The van der Waals surface area contributed by atoms with Crippen LogP contribution in [0, 0.1) is 5.92 Å². The molecule has 2 nitrogen and oxygen atoms in total. The number of rotatable bonds is 0. The molecule has 0 N–H and O–H groups in total. The summed E-state index contributed by atoms with van der Waals surface area (Å²) in [6.07, 6.45) is 0.945. The topological polar surface area (TPSA) is 20.3 Å². The summed E-state index contributed by atoms with van der Waals surface area (Å²) in [5.41, 5.74) is 2.36. The number of amides is 1. The first-order valence-corrected chi connectivity index (χ1v) is 5.47. The molecule has 1 amide bonds. The van der Waals surface area contributed by atoms with E-state index in [1.807, 2.05) is 32.2 Å². The number of hydrogen-bond acceptors (Lipinski definition) is 1. The summed E-state index contributed by atoms with van der Waals surface area (Å²) < 4.78 is 0. The first-order chi connectivity index (χ1) is 7.11. The third-order valence-corrected chi connectivity index (χ3v) is 3.29. The molecular weight excluding hydrogens is 186 g/mol. The lowest BCUT2D eigenvalue weighted by Gasteiger charge is -2.19. The van der Waals surface area contributed by atoms with Gasteiger partial charge in [0, 0.05) is 18.7 Å². The van der Waals surface area contributed by atoms with Crippen LogP contribution in [0.15, 0.2) is 24.3 Å². The molecule has 0 saturated heterocycles. The van der Waals surface area contributed by atoms with Crippen LogP contribution in [0.2, 0.25) is 0 Å². The molecule has 0 radical (unpaired) electrons. The van der Waals surface area contributed by atoms with Crippen LogP contribution in [0.1, 0.15) is 31.7 Å². The largest absolute Gasteiger partial charge is 0.315 e. The Kier molecular flexibility index (Phi) is 2.51. The van der Waals surface area contributed by atoms with Crippen molar-refractivity contribution in [3.63, 3.8) is 0 Å². The number of nitrogens with zero attached hydrogens (tertiary/aromatic N) is 1. The van der Waals surface area contributed by atoms with Gasteiger partial charge in [-0.3, -0.25) is 4.79 Å². The summed E-state index contributed by atoms with van der Waals surface area (Å²) in [6.45, 7) is 4.21. The van der Waals surface area contributed by atoms with Crippen LogP contribution in [0.25, 0.3) is 0 Å². The number of carbonyl (C=O) groups excluding carboxylic acids is 1. The monoisotopic (exact) mass is 203 g/mol. The summed E-state index contributed by atoms with van der Waals surface area (Å²) in [5, 5.41) is 0. The highest BCUT2D eigenvalue weighted by Crippen LogP contribution is 2.35. The maximum atomic E-state index is 12.0. The summed E-state index contributed by atoms with van der Waals surface area (Å²) in [7, 11) is 1.87. The molecule has 0 bridgehead atoms. The van der Waals surface area contributed by atoms with E-state index in [0.717, 1.165) is 12.1 Å². The Balaban J connectivity index is 2.52. The SMILES string of the molecule is CC1CC(C)c2ccccc2N(C)C1=O. The van der Waals surface area contributed by atoms with Crippen molar-refractivity contribution >= 4 is 11.6 Å². The lowest BCUT2D eigenvalue weighted by molar-refractivity contribution is -0.121. The van der Waals surface area contributed by atoms with Crippen LogP contribution in [0.5, 0.6) is 0 Å². The molecule has 2 rings (SSSR count). The Morgan fingerprint density at radius 3 is 2.60 bits per heavy atom. The van der Waals surface area contributed by atoms with Crippen LogP contribution in [-0.4, -0.2) is 13.0 Å². The average Bonchev–Trinajstić information content (AvgIpc) is 2.33. The third kappa shape index (κ3) is 1.65. The van der Waals surface area contributed by atoms with Gasteiger partial charge >= 0.3 is 0 Å². The predicted molar refractivity (Wildman–Crippen MR) is 62.0 cm³/mol. The summed E-state index contributed by atoms with van der Waals surface area (Å²) in [5.74, 6) is 0.814. The van der Waals surface area contributed by atoms with Gasteiger partial charge in [-0.1, -0.05) is 32.0 Å². The van der Waals surface area contributed by atoms with Gasteiger partial charge in [0.1, 0.15) is 0 Å². The molecule has 0 aromatic heterocycles. The third-order valence-electron chi connectivity index (χ3n) is 3.29. The summed E-state index contributed by atoms with van der Waals surface area (Å²) in [6, 6.07) is 8.19. The maximum absolute atomic E-state index is 12.0. The molecule has 15 heavy (non-hydrogen) atoms. The molecule has 0 fully saturated rings. The van der Waals surface area contributed by atoms with Crippen molar-refractivity contribution in [2.45, 2.75) is 26.2 Å². The van der Waals surface area contributed by atoms with E-state index in [9.17, 15) is 4.79 Å². The van der Waals surface area contributed by atoms with Gasteiger partial charge in [0.05, 0.1) is 0 Å². The number of benzene rings is 1. The minimum absolute atomic E-state index is 0.123. The van der Waals surface area contributed by atoms with Crippen molar-refractivity contribution in [1.82, 2.24) is 0 Å². The second-order valence-corrected chi connectivity index (χ2v) is 4.49. The van der Waals surface area contributed by atoms with Gasteiger partial charge in [-0.2, -0.15) is 0 Å². The Labute approximate surface area is 90.9 Å². The molecule has 0 spiro atoms. The molecular formula is C13H17NO. The van der Waals surface area contributed by atoms with Gasteiger partial charge < -0.3 is 4.90 Å². The van der Waals surface area contributed by atoms with E-state index in [0.29, 0.717) is 5.92 Å². The Bertz CT molecular complexity index is 386.